The molecule has 1 heterocycles. The van der Waals surface area contributed by atoms with E-state index >= 15 is 0 Å². The minimum absolute atomic E-state index is 0.639. The van der Waals surface area contributed by atoms with Gasteiger partial charge in [0, 0.05) is 16.7 Å². The molecule has 3 rings (SSSR count). The first-order chi connectivity index (χ1) is 18.9. The number of hydrogen-bond acceptors (Lipinski definition) is 3. The third kappa shape index (κ3) is 8.58. The van der Waals surface area contributed by atoms with Crippen LogP contribution in [0.1, 0.15) is 59.9 Å². The van der Waals surface area contributed by atoms with Gasteiger partial charge in [-0.15, -0.1) is 0 Å². The topological polar surface area (TPSA) is 38.7 Å². The van der Waals surface area contributed by atoms with Gasteiger partial charge in [0.05, 0.1) is 0 Å². The molecule has 0 radical (unpaired) electrons. The van der Waals surface area contributed by atoms with Gasteiger partial charge in [0.15, 0.2) is 17.5 Å². The molecule has 0 bridgehead atoms. The molecule has 2 aromatic carbocycles. The van der Waals surface area contributed by atoms with Gasteiger partial charge >= 0.3 is 0 Å². The first-order valence-electron chi connectivity index (χ1n) is 13.5. The number of allylic oxidation sites excluding steroid dienone is 12. The van der Waals surface area contributed by atoms with E-state index in [1.54, 1.807) is 0 Å². The summed E-state index contributed by atoms with van der Waals surface area (Å²) in [6.07, 6.45) is 14.2. The number of nitrogens with zero attached hydrogens (tertiary/aromatic N) is 3. The highest BCUT2D eigenvalue weighted by Crippen LogP contribution is 2.27. The molecule has 0 aliphatic rings. The molecule has 3 aromatic rings. The SMILES string of the molecule is C=C/C(C)=C\C(=C)/C(C)=C/C(=C\C)c1cccc(-c2nc(C(/C=C\C)=C/C)nc(-c3ccccc3)n2)c1.CC. The quantitative estimate of drug-likeness (QED) is 0.266. The summed E-state index contributed by atoms with van der Waals surface area (Å²) < 4.78 is 0. The summed E-state index contributed by atoms with van der Waals surface area (Å²) >= 11 is 0. The van der Waals surface area contributed by atoms with Crippen molar-refractivity contribution < 1.29 is 0 Å². The van der Waals surface area contributed by atoms with E-state index in [0.29, 0.717) is 17.5 Å². The number of benzene rings is 2. The molecular weight excluding hydrogens is 474 g/mol. The Balaban J connectivity index is 0.00000260. The van der Waals surface area contributed by atoms with Gasteiger partial charge in [-0.1, -0.05) is 124 Å². The van der Waals surface area contributed by atoms with Crippen molar-refractivity contribution >= 4 is 11.1 Å². The number of hydrogen-bond donors (Lipinski definition) is 0. The normalized spacial score (nSPS) is 12.7. The lowest BCUT2D eigenvalue weighted by molar-refractivity contribution is 1.04. The molecule has 0 amide bonds. The van der Waals surface area contributed by atoms with Crippen LogP contribution in [-0.2, 0) is 0 Å². The highest BCUT2D eigenvalue weighted by atomic mass is 15.0. The van der Waals surface area contributed by atoms with Gasteiger partial charge in [-0.05, 0) is 63.0 Å². The van der Waals surface area contributed by atoms with Crippen molar-refractivity contribution in [3.05, 3.63) is 138 Å². The fourth-order valence-electron chi connectivity index (χ4n) is 3.77. The summed E-state index contributed by atoms with van der Waals surface area (Å²) in [5.41, 5.74) is 8.16. The minimum atomic E-state index is 0.639. The lowest BCUT2D eigenvalue weighted by atomic mass is 9.98. The Morgan fingerprint density at radius 3 is 1.95 bits per heavy atom. The van der Waals surface area contributed by atoms with Crippen molar-refractivity contribution in [2.24, 2.45) is 0 Å². The van der Waals surface area contributed by atoms with E-state index in [0.717, 1.165) is 44.6 Å². The Hall–Kier alpha value is -4.37. The standard InChI is InChI=1S/C34H35N3.C2H6/c1-8-16-27(10-3)32-35-33(29-17-13-12-14-18-29)37-34(36-32)31-20-15-19-30(23-31)28(11-4)22-26(7)25(6)21-24(5)9-2;1-2/h8-23H,2,6H2,1,3-5,7H3;1-2H3/b16-8-,24-21-,26-22+,27-10+,28-11+;. The number of rotatable bonds is 9. The summed E-state index contributed by atoms with van der Waals surface area (Å²) in [4.78, 5) is 14.5. The van der Waals surface area contributed by atoms with Crippen LogP contribution in [0.5, 0.6) is 0 Å². The lowest BCUT2D eigenvalue weighted by Gasteiger charge is -2.11. The molecule has 0 N–H and O–H groups in total. The molecule has 0 saturated heterocycles. The third-order valence-corrected chi connectivity index (χ3v) is 5.95. The molecule has 0 unspecified atom stereocenters. The highest BCUT2D eigenvalue weighted by molar-refractivity contribution is 5.79. The smallest absolute Gasteiger partial charge is 0.164 e. The maximum absolute atomic E-state index is 4.87. The predicted molar refractivity (Wildman–Crippen MR) is 171 cm³/mol. The minimum Gasteiger partial charge on any atom is -0.208 e. The van der Waals surface area contributed by atoms with Crippen LogP contribution in [-0.4, -0.2) is 15.0 Å². The summed E-state index contributed by atoms with van der Waals surface area (Å²) in [5, 5.41) is 0. The zero-order chi connectivity index (χ0) is 28.8. The molecule has 200 valence electrons. The van der Waals surface area contributed by atoms with E-state index in [2.05, 4.69) is 44.4 Å². The van der Waals surface area contributed by atoms with E-state index < -0.39 is 0 Å². The Kier molecular flexibility index (Phi) is 12.5. The Bertz CT molecular complexity index is 1430. The average Bonchev–Trinajstić information content (AvgIpc) is 2.99. The molecule has 0 fully saturated rings. The van der Waals surface area contributed by atoms with E-state index in [1.165, 1.54) is 0 Å². The average molecular weight is 516 g/mol. The largest absolute Gasteiger partial charge is 0.208 e. The molecule has 0 aliphatic carbocycles. The summed E-state index contributed by atoms with van der Waals surface area (Å²) in [7, 11) is 0. The van der Waals surface area contributed by atoms with Gasteiger partial charge in [0.25, 0.3) is 0 Å². The van der Waals surface area contributed by atoms with Gasteiger partial charge in [0.2, 0.25) is 0 Å². The first kappa shape index (κ1) is 30.9. The van der Waals surface area contributed by atoms with Crippen molar-refractivity contribution in [3.8, 4) is 22.8 Å². The predicted octanol–water partition coefficient (Wildman–Crippen LogP) is 10.2. The van der Waals surface area contributed by atoms with Crippen molar-refractivity contribution in [2.45, 2.75) is 48.5 Å². The molecule has 0 atom stereocenters. The maximum Gasteiger partial charge on any atom is 0.164 e. The van der Waals surface area contributed by atoms with E-state index in [4.69, 9.17) is 15.0 Å². The van der Waals surface area contributed by atoms with Gasteiger partial charge in [-0.25, -0.2) is 15.0 Å². The molecule has 0 saturated carbocycles. The monoisotopic (exact) mass is 515 g/mol. The van der Waals surface area contributed by atoms with Crippen LogP contribution < -0.4 is 0 Å². The van der Waals surface area contributed by atoms with E-state index in [1.807, 2.05) is 114 Å². The van der Waals surface area contributed by atoms with Crippen molar-refractivity contribution in [3.63, 3.8) is 0 Å². The molecule has 0 aliphatic heterocycles. The second kappa shape index (κ2) is 15.8. The van der Waals surface area contributed by atoms with Crippen LogP contribution in [0.2, 0.25) is 0 Å². The second-order valence-corrected chi connectivity index (χ2v) is 8.69. The third-order valence-electron chi connectivity index (χ3n) is 5.95. The van der Waals surface area contributed by atoms with Crippen LogP contribution in [0.15, 0.2) is 127 Å². The zero-order valence-corrected chi connectivity index (χ0v) is 24.5. The second-order valence-electron chi connectivity index (χ2n) is 8.69. The van der Waals surface area contributed by atoms with E-state index in [-0.39, 0.29) is 0 Å². The molecule has 0 spiro atoms. The highest BCUT2D eigenvalue weighted by Gasteiger charge is 2.13. The van der Waals surface area contributed by atoms with Gasteiger partial charge < -0.3 is 0 Å². The van der Waals surface area contributed by atoms with Crippen molar-refractivity contribution in [1.29, 1.82) is 0 Å². The maximum atomic E-state index is 4.87. The molecule has 39 heavy (non-hydrogen) atoms. The van der Waals surface area contributed by atoms with Gasteiger partial charge in [0.1, 0.15) is 0 Å². The Labute approximate surface area is 235 Å². The van der Waals surface area contributed by atoms with Gasteiger partial charge in [-0.2, -0.15) is 0 Å². The van der Waals surface area contributed by atoms with Crippen molar-refractivity contribution in [1.82, 2.24) is 15.0 Å². The van der Waals surface area contributed by atoms with Crippen LogP contribution in [0.3, 0.4) is 0 Å². The molecule has 3 heteroatoms. The number of aromatic nitrogens is 3. The summed E-state index contributed by atoms with van der Waals surface area (Å²) in [6.45, 7) is 22.2. The summed E-state index contributed by atoms with van der Waals surface area (Å²) in [5.74, 6) is 1.94. The van der Waals surface area contributed by atoms with Crippen molar-refractivity contribution in [2.75, 3.05) is 0 Å². The van der Waals surface area contributed by atoms with Crippen LogP contribution in [0.4, 0.5) is 0 Å². The first-order valence-corrected chi connectivity index (χ1v) is 13.5. The summed E-state index contributed by atoms with van der Waals surface area (Å²) in [6, 6.07) is 18.3. The van der Waals surface area contributed by atoms with Gasteiger partial charge in [-0.3, -0.25) is 0 Å². The molecule has 1 aromatic heterocycles. The van der Waals surface area contributed by atoms with E-state index in [9.17, 15) is 0 Å². The Morgan fingerprint density at radius 1 is 0.744 bits per heavy atom. The fraction of sp³-hybridized carbons (Fsp3) is 0.194. The molecule has 3 nitrogen and oxygen atoms in total. The fourth-order valence-corrected chi connectivity index (χ4v) is 3.77. The van der Waals surface area contributed by atoms with Crippen LogP contribution in [0, 0.1) is 0 Å². The lowest BCUT2D eigenvalue weighted by Crippen LogP contribution is -2.02. The zero-order valence-electron chi connectivity index (χ0n) is 24.5. The van der Waals surface area contributed by atoms with Crippen LogP contribution in [0.25, 0.3) is 33.9 Å². The Morgan fingerprint density at radius 2 is 1.36 bits per heavy atom. The molecular formula is C36H41N3. The van der Waals surface area contributed by atoms with Crippen LogP contribution >= 0.6 is 0 Å².